The molecule has 0 aliphatic rings. The summed E-state index contributed by atoms with van der Waals surface area (Å²) >= 11 is 5.32. The number of nitrogens with one attached hydrogen (secondary N) is 6. The van der Waals surface area contributed by atoms with Gasteiger partial charge in [0.1, 0.15) is 12.2 Å². The Morgan fingerprint density at radius 1 is 0.324 bits per heavy atom. The minimum Gasteiger partial charge on any atom is -0.462 e. The molecule has 25 heteroatoms. The lowest BCUT2D eigenvalue weighted by Crippen LogP contribution is -2.46. The number of carbonyl (C=O) groups is 7. The quantitative estimate of drug-likeness (QED) is 0.0159. The first-order valence-corrected chi connectivity index (χ1v) is 48.2. The van der Waals surface area contributed by atoms with Gasteiger partial charge in [0.05, 0.1) is 51.4 Å². The number of hydrogen-bond acceptors (Lipinski definition) is 15. The van der Waals surface area contributed by atoms with Gasteiger partial charge in [-0.05, 0) is 63.2 Å². The molecule has 0 fully saturated rings. The van der Waals surface area contributed by atoms with Gasteiger partial charge in [0.2, 0.25) is 23.6 Å². The summed E-state index contributed by atoms with van der Waals surface area (Å²) in [6.07, 6.45) is 55.9. The van der Waals surface area contributed by atoms with Crippen LogP contribution in [0.4, 0.5) is 4.79 Å². The maximum absolute atomic E-state index is 13.6. The fraction of sp³-hybridized carbons (Fsp3) is 0.916. The first-order valence-electron chi connectivity index (χ1n) is 44.1. The highest BCUT2D eigenvalue weighted by molar-refractivity contribution is 8.07. The van der Waals surface area contributed by atoms with Gasteiger partial charge >= 0.3 is 32.5 Å². The fourth-order valence-corrected chi connectivity index (χ4v) is 14.9. The van der Waals surface area contributed by atoms with Gasteiger partial charge in [0.15, 0.2) is 0 Å². The van der Waals surface area contributed by atoms with Crippen molar-refractivity contribution in [3.05, 3.63) is 0 Å². The summed E-state index contributed by atoms with van der Waals surface area (Å²) < 4.78 is 46.8. The van der Waals surface area contributed by atoms with E-state index in [1.807, 2.05) is 0 Å². The van der Waals surface area contributed by atoms with Crippen LogP contribution < -0.4 is 31.9 Å². The summed E-state index contributed by atoms with van der Waals surface area (Å²) in [7, 11) is -4.77. The highest BCUT2D eigenvalue weighted by atomic mass is 32.5. The Morgan fingerprint density at radius 3 is 0.907 bits per heavy atom. The van der Waals surface area contributed by atoms with Crippen LogP contribution in [0.1, 0.15) is 414 Å². The lowest BCUT2D eigenvalue weighted by atomic mass is 10.0. The number of carbonyl (C=O) groups excluding carboxylic acids is 7. The van der Waals surface area contributed by atoms with E-state index in [9.17, 15) is 47.9 Å². The Hall–Kier alpha value is -3.27. The highest BCUT2D eigenvalue weighted by Crippen LogP contribution is 2.44. The zero-order chi connectivity index (χ0) is 79.5. The normalized spacial score (nSPS) is 13.7. The molecule has 6 amide bonds. The highest BCUT2D eigenvalue weighted by Gasteiger charge is 2.27. The number of esters is 2. The maximum atomic E-state index is 13.6. The first-order chi connectivity index (χ1) is 52.3. The predicted molar refractivity (Wildman–Crippen MR) is 443 cm³/mol. The molecule has 0 spiro atoms. The number of hydrogen-bond donors (Lipinski definition) is 8. The van der Waals surface area contributed by atoms with E-state index in [0.29, 0.717) is 38.5 Å². The Labute approximate surface area is 662 Å². The van der Waals surface area contributed by atoms with Crippen LogP contribution in [0, 0.1) is 0 Å². The van der Waals surface area contributed by atoms with Crippen LogP contribution in [-0.2, 0) is 72.7 Å². The van der Waals surface area contributed by atoms with Crippen LogP contribution in [0.5, 0.6) is 0 Å². The topological polar surface area (TPSA) is 305 Å². The molecular formula is C83H162N6O16P2S. The van der Waals surface area contributed by atoms with Gasteiger partial charge in [-0.1, -0.05) is 324 Å². The lowest BCUT2D eigenvalue weighted by Gasteiger charge is -2.23. The average molecular weight is 1590 g/mol. The number of ether oxygens (including phenoxy) is 2. The molecule has 0 aromatic heterocycles. The van der Waals surface area contributed by atoms with Crippen molar-refractivity contribution >= 4 is 67.9 Å². The van der Waals surface area contributed by atoms with E-state index >= 15 is 0 Å². The molecule has 0 aliphatic carbocycles. The number of phosphoric ester groups is 1. The van der Waals surface area contributed by atoms with Crippen molar-refractivity contribution in [1.82, 2.24) is 31.9 Å². The molecule has 6 atom stereocenters. The maximum Gasteiger partial charge on any atom is 0.472 e. The van der Waals surface area contributed by atoms with Gasteiger partial charge in [-0.2, -0.15) is 0 Å². The zero-order valence-electron chi connectivity index (χ0n) is 69.4. The molecule has 2 unspecified atom stereocenters. The molecule has 0 aromatic rings. The third-order valence-electron chi connectivity index (χ3n) is 19.6. The van der Waals surface area contributed by atoms with Gasteiger partial charge in [-0.3, -0.25) is 37.8 Å². The summed E-state index contributed by atoms with van der Waals surface area (Å²) in [6, 6.07) is -2.43. The summed E-state index contributed by atoms with van der Waals surface area (Å²) in [5, 5.41) is 16.6. The van der Waals surface area contributed by atoms with Crippen LogP contribution in [0.25, 0.3) is 0 Å². The average Bonchev–Trinajstić information content (AvgIpc) is 0.913. The van der Waals surface area contributed by atoms with Crippen LogP contribution in [0.3, 0.4) is 0 Å². The molecule has 8 N–H and O–H groups in total. The standard InChI is InChI=1S/C83H162N6O16P2S/c1-7-13-19-25-29-33-35-39-41-47-53-59-77(90)88-73(69-86-79(92)67-75(57-51-45-23-17-11-5)104-81(94)61-55-49-43-37-31-27-21-15-9-3)71-102-106(97,98)100-65-63-84-83(96)85-64-66-101-107(99,108)103-72-74(89-78(91)60-54-48-42-40-36-34-30-26-20-14-8-2)70-87-80(93)68-76(58-52-46-24-18-12-6)105-82(95)62-56-50-44-38-32-28-22-16-10-4/h73-76H,7-72H2,1-6H3,(H,86,92)(H,87,93)(H,88,90)(H,89,91)(H,97,98)(H,99,108)(H2,84,85,96)/t73-,74-,75-,76-,107?/m1/s1. The van der Waals surface area contributed by atoms with E-state index in [0.717, 1.165) is 154 Å². The molecule has 0 saturated heterocycles. The lowest BCUT2D eigenvalue weighted by molar-refractivity contribution is -0.152. The number of rotatable bonds is 82. The predicted octanol–water partition coefficient (Wildman–Crippen LogP) is 20.4. The van der Waals surface area contributed by atoms with E-state index < -0.39 is 64.0 Å². The molecule has 0 bridgehead atoms. The Morgan fingerprint density at radius 2 is 0.593 bits per heavy atom. The molecule has 0 aromatic carbocycles. The Bertz CT molecular complexity index is 2130. The Kier molecular flexibility index (Phi) is 74.1. The monoisotopic (exact) mass is 1590 g/mol. The molecule has 0 heterocycles. The number of amides is 6. The molecule has 636 valence electrons. The summed E-state index contributed by atoms with van der Waals surface area (Å²) in [5.41, 5.74) is 0. The third-order valence-corrected chi connectivity index (χ3v) is 22.2. The van der Waals surface area contributed by atoms with Crippen molar-refractivity contribution in [1.29, 1.82) is 0 Å². The van der Waals surface area contributed by atoms with Crippen LogP contribution >= 0.6 is 14.5 Å². The van der Waals surface area contributed by atoms with Gasteiger partial charge in [-0.15, -0.1) is 0 Å². The summed E-state index contributed by atoms with van der Waals surface area (Å²) in [6.45, 7) is 7.11. The van der Waals surface area contributed by atoms with Crippen molar-refractivity contribution in [3.63, 3.8) is 0 Å². The van der Waals surface area contributed by atoms with Crippen LogP contribution in [0.2, 0.25) is 0 Å². The van der Waals surface area contributed by atoms with Crippen molar-refractivity contribution in [3.8, 4) is 0 Å². The first kappa shape index (κ1) is 105. The molecule has 108 heavy (non-hydrogen) atoms. The smallest absolute Gasteiger partial charge is 0.462 e. The summed E-state index contributed by atoms with van der Waals surface area (Å²) in [5.74, 6) is -1.92. The van der Waals surface area contributed by atoms with Crippen molar-refractivity contribution < 1.29 is 75.5 Å². The fourth-order valence-electron chi connectivity index (χ4n) is 13.0. The van der Waals surface area contributed by atoms with E-state index in [1.165, 1.54) is 154 Å². The third kappa shape index (κ3) is 72.9. The van der Waals surface area contributed by atoms with Crippen molar-refractivity contribution in [2.24, 2.45) is 0 Å². The summed E-state index contributed by atoms with van der Waals surface area (Å²) in [4.78, 5) is 115. The second-order valence-electron chi connectivity index (χ2n) is 30.3. The SMILES string of the molecule is CCCCCCCCCCCCCC(=O)N[C@H](CNC(=O)C[C@@H](CCCCCCC)OC(=O)CCCCCCCCCCC)COP(=O)(O)OCCNC(=O)NCCOP(O)(=S)OC[C@@H](CNC(=O)C[C@@H](CCCCCCC)OC(=O)CCCCCCCCCCC)NC(=O)CCCCCCCCCCCCC. The van der Waals surface area contributed by atoms with Crippen LogP contribution in [-0.4, -0.2) is 128 Å². The van der Waals surface area contributed by atoms with Gasteiger partial charge in [-0.25, -0.2) is 9.36 Å². The minimum atomic E-state index is -4.77. The van der Waals surface area contributed by atoms with Crippen LogP contribution in [0.15, 0.2) is 0 Å². The van der Waals surface area contributed by atoms with E-state index in [4.69, 9.17) is 39.4 Å². The Balaban J connectivity index is 5.70. The molecule has 0 aliphatic heterocycles. The van der Waals surface area contributed by atoms with Gasteiger partial charge in [0.25, 0.3) is 0 Å². The van der Waals surface area contributed by atoms with E-state index in [2.05, 4.69) is 73.4 Å². The van der Waals surface area contributed by atoms with Crippen molar-refractivity contribution in [2.75, 3.05) is 52.6 Å². The number of unbranched alkanes of at least 4 members (excludes halogenated alkanes) is 44. The second-order valence-corrected chi connectivity index (χ2v) is 34.6. The molecular weight excluding hydrogens is 1430 g/mol. The molecule has 0 radical (unpaired) electrons. The minimum absolute atomic E-state index is 0.0440. The van der Waals surface area contributed by atoms with Gasteiger partial charge < -0.3 is 60.2 Å². The zero-order valence-corrected chi connectivity index (χ0v) is 72.0. The molecule has 0 rings (SSSR count). The van der Waals surface area contributed by atoms with E-state index in [-0.39, 0.29) is 94.7 Å². The van der Waals surface area contributed by atoms with Crippen molar-refractivity contribution in [2.45, 2.75) is 438 Å². The van der Waals surface area contributed by atoms with E-state index in [1.54, 1.807) is 0 Å². The second kappa shape index (κ2) is 76.4. The molecule has 0 saturated carbocycles. The van der Waals surface area contributed by atoms with Gasteiger partial charge in [0, 0.05) is 51.9 Å². The largest absolute Gasteiger partial charge is 0.472 e. The number of phosphoric acid groups is 1. The number of urea groups is 1. The molecule has 22 nitrogen and oxygen atoms in total.